The minimum absolute atomic E-state index is 0.0215. The number of fused-ring (bicyclic) bond motifs is 1. The molecule has 0 saturated heterocycles. The van der Waals surface area contributed by atoms with E-state index in [1.807, 2.05) is 30.3 Å². The molecule has 0 aliphatic heterocycles. The van der Waals surface area contributed by atoms with Crippen molar-refractivity contribution in [3.8, 4) is 11.5 Å². The van der Waals surface area contributed by atoms with Crippen LogP contribution < -0.4 is 5.73 Å². The van der Waals surface area contributed by atoms with Gasteiger partial charge in [-0.25, -0.2) is 8.42 Å². The normalized spacial score (nSPS) is 12.0. The van der Waals surface area contributed by atoms with E-state index in [2.05, 4.69) is 5.10 Å². The minimum Gasteiger partial charge on any atom is -0.454 e. The van der Waals surface area contributed by atoms with Gasteiger partial charge in [-0.2, -0.15) is 5.10 Å². The summed E-state index contributed by atoms with van der Waals surface area (Å²) in [7, 11) is -3.04. The third-order valence-corrected chi connectivity index (χ3v) is 4.06. The second-order valence-electron chi connectivity index (χ2n) is 4.97. The van der Waals surface area contributed by atoms with Gasteiger partial charge in [0, 0.05) is 17.8 Å². The summed E-state index contributed by atoms with van der Waals surface area (Å²) >= 11 is 0. The second kappa shape index (κ2) is 4.92. The highest BCUT2D eigenvalue weighted by Gasteiger charge is 2.14. The van der Waals surface area contributed by atoms with Crippen molar-refractivity contribution in [1.82, 2.24) is 9.78 Å². The highest BCUT2D eigenvalue weighted by Crippen LogP contribution is 2.30. The molecule has 2 aromatic heterocycles. The smallest absolute Gasteiger partial charge is 0.157 e. The van der Waals surface area contributed by atoms with Crippen LogP contribution in [-0.2, 0) is 16.4 Å². The molecule has 0 amide bonds. The molecular formula is C14H15N3O3S. The van der Waals surface area contributed by atoms with E-state index in [1.165, 1.54) is 10.9 Å². The van der Waals surface area contributed by atoms with Crippen LogP contribution in [0.25, 0.3) is 22.4 Å². The summed E-state index contributed by atoms with van der Waals surface area (Å²) in [6, 6.07) is 9.50. The first-order valence-corrected chi connectivity index (χ1v) is 8.48. The SMILES string of the molecule is CS(=O)(=O)CCn1cc(N)c(-c2cc3ccccc3o2)n1. The Balaban J connectivity index is 1.93. The predicted octanol–water partition coefficient (Wildman–Crippen LogP) is 1.92. The molecule has 0 fully saturated rings. The largest absolute Gasteiger partial charge is 0.454 e. The minimum atomic E-state index is -3.04. The predicted molar refractivity (Wildman–Crippen MR) is 81.6 cm³/mol. The molecule has 2 N–H and O–H groups in total. The Morgan fingerprint density at radius 3 is 2.81 bits per heavy atom. The van der Waals surface area contributed by atoms with Crippen molar-refractivity contribution in [2.75, 3.05) is 17.7 Å². The number of sulfone groups is 1. The van der Waals surface area contributed by atoms with Crippen LogP contribution in [0.2, 0.25) is 0 Å². The van der Waals surface area contributed by atoms with E-state index in [9.17, 15) is 8.42 Å². The number of hydrogen-bond acceptors (Lipinski definition) is 5. The Morgan fingerprint density at radius 1 is 1.33 bits per heavy atom. The molecule has 110 valence electrons. The van der Waals surface area contributed by atoms with Crippen LogP contribution in [0.5, 0.6) is 0 Å². The van der Waals surface area contributed by atoms with Gasteiger partial charge in [-0.15, -0.1) is 0 Å². The van der Waals surface area contributed by atoms with E-state index < -0.39 is 9.84 Å². The van der Waals surface area contributed by atoms with Crippen LogP contribution in [0, 0.1) is 0 Å². The standard InChI is InChI=1S/C14H15N3O3S/c1-21(18,19)7-6-17-9-11(15)14(16-17)13-8-10-4-2-3-5-12(10)20-13/h2-5,8-9H,6-7,15H2,1H3. The average Bonchev–Trinajstić information content (AvgIpc) is 2.98. The number of furan rings is 1. The summed E-state index contributed by atoms with van der Waals surface area (Å²) in [6.07, 6.45) is 2.81. The molecule has 21 heavy (non-hydrogen) atoms. The zero-order chi connectivity index (χ0) is 15.0. The topological polar surface area (TPSA) is 91.1 Å². The van der Waals surface area contributed by atoms with Crippen LogP contribution in [-0.4, -0.2) is 30.2 Å². The van der Waals surface area contributed by atoms with Gasteiger partial charge in [-0.1, -0.05) is 18.2 Å². The van der Waals surface area contributed by atoms with Crippen LogP contribution in [0.15, 0.2) is 40.9 Å². The first kappa shape index (κ1) is 13.7. The fraction of sp³-hybridized carbons (Fsp3) is 0.214. The van der Waals surface area contributed by atoms with Crippen LogP contribution in [0.4, 0.5) is 5.69 Å². The molecule has 0 unspecified atom stereocenters. The fourth-order valence-corrected chi connectivity index (χ4v) is 2.62. The van der Waals surface area contributed by atoms with E-state index in [-0.39, 0.29) is 12.3 Å². The number of para-hydroxylation sites is 1. The molecule has 0 atom stereocenters. The summed E-state index contributed by atoms with van der Waals surface area (Å²) in [5, 5.41) is 5.28. The third kappa shape index (κ3) is 2.92. The van der Waals surface area contributed by atoms with Gasteiger partial charge in [0.2, 0.25) is 0 Å². The molecular weight excluding hydrogens is 290 g/mol. The van der Waals surface area contributed by atoms with Crippen molar-refractivity contribution in [2.45, 2.75) is 6.54 Å². The second-order valence-corrected chi connectivity index (χ2v) is 7.23. The van der Waals surface area contributed by atoms with Gasteiger partial charge >= 0.3 is 0 Å². The molecule has 0 spiro atoms. The Morgan fingerprint density at radius 2 is 2.10 bits per heavy atom. The molecule has 7 heteroatoms. The monoisotopic (exact) mass is 305 g/mol. The number of hydrogen-bond donors (Lipinski definition) is 1. The van der Waals surface area contributed by atoms with Gasteiger partial charge in [0.05, 0.1) is 18.0 Å². The first-order valence-electron chi connectivity index (χ1n) is 6.42. The Kier molecular flexibility index (Phi) is 3.21. The van der Waals surface area contributed by atoms with Gasteiger partial charge < -0.3 is 10.2 Å². The van der Waals surface area contributed by atoms with Crippen molar-refractivity contribution >= 4 is 26.5 Å². The zero-order valence-corrected chi connectivity index (χ0v) is 12.3. The van der Waals surface area contributed by atoms with Crippen molar-refractivity contribution in [2.24, 2.45) is 0 Å². The molecule has 0 aliphatic carbocycles. The van der Waals surface area contributed by atoms with E-state index in [0.29, 0.717) is 17.1 Å². The van der Waals surface area contributed by atoms with Crippen LogP contribution in [0.3, 0.4) is 0 Å². The van der Waals surface area contributed by atoms with Crippen LogP contribution >= 0.6 is 0 Å². The van der Waals surface area contributed by atoms with Crippen molar-refractivity contribution in [3.63, 3.8) is 0 Å². The number of aromatic nitrogens is 2. The Hall–Kier alpha value is -2.28. The molecule has 1 aromatic carbocycles. The van der Waals surface area contributed by atoms with E-state index >= 15 is 0 Å². The van der Waals surface area contributed by atoms with Crippen molar-refractivity contribution in [3.05, 3.63) is 36.5 Å². The number of nitrogens with two attached hydrogens (primary N) is 1. The highest BCUT2D eigenvalue weighted by molar-refractivity contribution is 7.90. The molecule has 3 aromatic rings. The van der Waals surface area contributed by atoms with E-state index in [1.54, 1.807) is 6.20 Å². The van der Waals surface area contributed by atoms with Gasteiger partial charge in [0.1, 0.15) is 15.4 Å². The lowest BCUT2D eigenvalue weighted by Gasteiger charge is -1.98. The van der Waals surface area contributed by atoms with E-state index in [0.717, 1.165) is 11.0 Å². The number of nitrogen functional groups attached to an aromatic ring is 1. The summed E-state index contributed by atoms with van der Waals surface area (Å²) in [6.45, 7) is 0.267. The van der Waals surface area contributed by atoms with Crippen LogP contribution in [0.1, 0.15) is 0 Å². The van der Waals surface area contributed by atoms with E-state index in [4.69, 9.17) is 10.2 Å². The molecule has 2 heterocycles. The lowest BCUT2D eigenvalue weighted by atomic mass is 10.2. The van der Waals surface area contributed by atoms with Gasteiger partial charge in [0.15, 0.2) is 11.5 Å². The summed E-state index contributed by atoms with van der Waals surface area (Å²) < 4.78 is 29.6. The first-order chi connectivity index (χ1) is 9.92. The maximum Gasteiger partial charge on any atom is 0.157 e. The van der Waals surface area contributed by atoms with Crippen molar-refractivity contribution < 1.29 is 12.8 Å². The molecule has 3 rings (SSSR count). The lowest BCUT2D eigenvalue weighted by molar-refractivity contribution is 0.584. The summed E-state index contributed by atoms with van der Waals surface area (Å²) in [4.78, 5) is 0. The number of benzene rings is 1. The Bertz CT molecular complexity index is 860. The summed E-state index contributed by atoms with van der Waals surface area (Å²) in [5.74, 6) is 0.597. The number of rotatable bonds is 4. The van der Waals surface area contributed by atoms with Gasteiger partial charge in [-0.05, 0) is 12.1 Å². The number of nitrogens with zero attached hydrogens (tertiary/aromatic N) is 2. The number of aryl methyl sites for hydroxylation is 1. The molecule has 0 aliphatic rings. The summed E-state index contributed by atoms with van der Waals surface area (Å²) in [5.41, 5.74) is 7.69. The zero-order valence-electron chi connectivity index (χ0n) is 11.5. The lowest BCUT2D eigenvalue weighted by Crippen LogP contribution is -2.11. The maximum absolute atomic E-state index is 11.2. The molecule has 6 nitrogen and oxygen atoms in total. The average molecular weight is 305 g/mol. The number of anilines is 1. The molecule has 0 radical (unpaired) electrons. The molecule has 0 saturated carbocycles. The Labute approximate surface area is 122 Å². The van der Waals surface area contributed by atoms with Gasteiger partial charge in [0.25, 0.3) is 0 Å². The highest BCUT2D eigenvalue weighted by atomic mass is 32.2. The third-order valence-electron chi connectivity index (χ3n) is 3.14. The maximum atomic E-state index is 11.2. The fourth-order valence-electron chi connectivity index (χ4n) is 2.10. The quantitative estimate of drug-likeness (QED) is 0.795. The van der Waals surface area contributed by atoms with Gasteiger partial charge in [-0.3, -0.25) is 4.68 Å². The van der Waals surface area contributed by atoms with Crippen molar-refractivity contribution in [1.29, 1.82) is 0 Å². The molecule has 0 bridgehead atoms.